The fourth-order valence-corrected chi connectivity index (χ4v) is 2.91. The van der Waals surface area contributed by atoms with E-state index in [1.807, 2.05) is 0 Å². The van der Waals surface area contributed by atoms with Gasteiger partial charge in [-0.2, -0.15) is 0 Å². The molecule has 0 aliphatic heterocycles. The maximum absolute atomic E-state index is 13.8. The Morgan fingerprint density at radius 2 is 1.68 bits per heavy atom. The molecule has 3 nitrogen and oxygen atoms in total. The number of carbonyl (C=O) groups excluding carboxylic acids is 2. The fourth-order valence-electron chi connectivity index (χ4n) is 2.91. The van der Waals surface area contributed by atoms with Crippen molar-refractivity contribution in [2.24, 2.45) is 17.3 Å². The van der Waals surface area contributed by atoms with Gasteiger partial charge in [0.1, 0.15) is 12.9 Å². The Labute approximate surface area is 142 Å². The molecule has 0 spiro atoms. The number of carbonyl (C=O) groups is 2. The van der Waals surface area contributed by atoms with Gasteiger partial charge in [0.15, 0.2) is 23.3 Å². The molecule has 0 N–H and O–H groups in total. The van der Waals surface area contributed by atoms with Crippen molar-refractivity contribution in [3.05, 3.63) is 46.5 Å². The Hall–Kier alpha value is -2.18. The van der Waals surface area contributed by atoms with Crippen LogP contribution in [0.1, 0.15) is 31.4 Å². The van der Waals surface area contributed by atoms with E-state index >= 15 is 0 Å². The van der Waals surface area contributed by atoms with E-state index in [1.165, 1.54) is 0 Å². The van der Waals surface area contributed by atoms with Gasteiger partial charge in [-0.1, -0.05) is 26.0 Å². The Morgan fingerprint density at radius 3 is 2.20 bits per heavy atom. The predicted octanol–water partition coefficient (Wildman–Crippen LogP) is 4.01. The van der Waals surface area contributed by atoms with E-state index in [9.17, 15) is 27.2 Å². The minimum absolute atomic E-state index is 0.180. The van der Waals surface area contributed by atoms with Crippen LogP contribution in [0.3, 0.4) is 0 Å². The normalized spacial score (nSPS) is 21.4. The molecule has 2 unspecified atom stereocenters. The molecule has 7 heteroatoms. The third-order valence-electron chi connectivity index (χ3n) is 4.67. The lowest BCUT2D eigenvalue weighted by atomic mass is 10.1. The average Bonchev–Trinajstić information content (AvgIpc) is 3.12. The standard InChI is InChI=1S/C18H18F4O3/c1-9-13(19)15(21)10(16(22)14(9)20)8-25-17(24)12-11(18(12,2)3)6-4-5-7-23/h4,6-7,11-12H,5,8H2,1-3H3. The van der Waals surface area contributed by atoms with Gasteiger partial charge in [-0.25, -0.2) is 17.6 Å². The van der Waals surface area contributed by atoms with Crippen LogP contribution >= 0.6 is 0 Å². The molecule has 1 aliphatic carbocycles. The summed E-state index contributed by atoms with van der Waals surface area (Å²) in [6.07, 6.45) is 4.27. The maximum Gasteiger partial charge on any atom is 0.310 e. The van der Waals surface area contributed by atoms with Crippen LogP contribution in [0.5, 0.6) is 0 Å². The van der Waals surface area contributed by atoms with Gasteiger partial charge in [-0.15, -0.1) is 0 Å². The molecule has 25 heavy (non-hydrogen) atoms. The second-order valence-corrected chi connectivity index (χ2v) is 6.62. The molecule has 1 aromatic rings. The fraction of sp³-hybridized carbons (Fsp3) is 0.444. The van der Waals surface area contributed by atoms with Crippen molar-refractivity contribution >= 4 is 12.3 Å². The van der Waals surface area contributed by atoms with Gasteiger partial charge in [0, 0.05) is 12.0 Å². The number of benzene rings is 1. The molecular weight excluding hydrogens is 340 g/mol. The van der Waals surface area contributed by atoms with E-state index in [0.717, 1.165) is 6.92 Å². The van der Waals surface area contributed by atoms with E-state index in [0.29, 0.717) is 6.29 Å². The molecule has 0 aromatic heterocycles. The summed E-state index contributed by atoms with van der Waals surface area (Å²) in [6, 6.07) is 0. The van der Waals surface area contributed by atoms with E-state index in [1.54, 1.807) is 26.0 Å². The molecule has 0 bridgehead atoms. The zero-order valence-corrected chi connectivity index (χ0v) is 14.0. The van der Waals surface area contributed by atoms with Crippen LogP contribution in [0.25, 0.3) is 0 Å². The Balaban J connectivity index is 2.10. The van der Waals surface area contributed by atoms with Gasteiger partial charge in [0.2, 0.25) is 0 Å². The van der Waals surface area contributed by atoms with Crippen LogP contribution in [0.2, 0.25) is 0 Å². The number of rotatable bonds is 6. The number of esters is 1. The summed E-state index contributed by atoms with van der Waals surface area (Å²) >= 11 is 0. The lowest BCUT2D eigenvalue weighted by Crippen LogP contribution is -2.14. The Bertz CT molecular complexity index is 711. The molecule has 1 fully saturated rings. The van der Waals surface area contributed by atoms with Gasteiger partial charge in [-0.3, -0.25) is 4.79 Å². The molecule has 0 saturated heterocycles. The summed E-state index contributed by atoms with van der Waals surface area (Å²) in [7, 11) is 0. The first-order valence-electron chi connectivity index (χ1n) is 7.72. The molecule has 136 valence electrons. The van der Waals surface area contributed by atoms with E-state index in [4.69, 9.17) is 4.74 Å². The SMILES string of the molecule is Cc1c(F)c(F)c(COC(=O)C2C(C=CCC=O)C2(C)C)c(F)c1F. The largest absolute Gasteiger partial charge is 0.460 e. The second-order valence-electron chi connectivity index (χ2n) is 6.62. The van der Waals surface area contributed by atoms with Crippen LogP contribution in [0.4, 0.5) is 17.6 Å². The number of hydrogen-bond acceptors (Lipinski definition) is 3. The third kappa shape index (κ3) is 3.45. The smallest absolute Gasteiger partial charge is 0.310 e. The Kier molecular flexibility index (Phi) is 5.34. The molecule has 2 rings (SSSR count). The zero-order chi connectivity index (χ0) is 18.9. The summed E-state index contributed by atoms with van der Waals surface area (Å²) < 4.78 is 59.5. The van der Waals surface area contributed by atoms with E-state index in [-0.39, 0.29) is 12.3 Å². The number of ether oxygens (including phenoxy) is 1. The molecule has 0 radical (unpaired) electrons. The lowest BCUT2D eigenvalue weighted by molar-refractivity contribution is -0.147. The highest BCUT2D eigenvalue weighted by molar-refractivity contribution is 5.78. The molecule has 1 saturated carbocycles. The number of halogens is 4. The Morgan fingerprint density at radius 1 is 1.12 bits per heavy atom. The van der Waals surface area contributed by atoms with Crippen molar-refractivity contribution in [3.8, 4) is 0 Å². The van der Waals surface area contributed by atoms with Gasteiger partial charge in [0.25, 0.3) is 0 Å². The first kappa shape index (κ1) is 19.1. The summed E-state index contributed by atoms with van der Waals surface area (Å²) in [5.74, 6) is -7.60. The van der Waals surface area contributed by atoms with Crippen molar-refractivity contribution in [2.75, 3.05) is 0 Å². The number of hydrogen-bond donors (Lipinski definition) is 0. The topological polar surface area (TPSA) is 43.4 Å². The van der Waals surface area contributed by atoms with E-state index in [2.05, 4.69) is 0 Å². The van der Waals surface area contributed by atoms with Gasteiger partial charge in [-0.05, 0) is 18.3 Å². The molecule has 0 heterocycles. The third-order valence-corrected chi connectivity index (χ3v) is 4.67. The molecule has 0 amide bonds. The highest BCUT2D eigenvalue weighted by Crippen LogP contribution is 2.59. The molecule has 1 aromatic carbocycles. The van der Waals surface area contributed by atoms with Crippen molar-refractivity contribution in [1.29, 1.82) is 0 Å². The van der Waals surface area contributed by atoms with Gasteiger partial charge < -0.3 is 9.53 Å². The summed E-state index contributed by atoms with van der Waals surface area (Å²) in [4.78, 5) is 22.4. The minimum atomic E-state index is -1.57. The predicted molar refractivity (Wildman–Crippen MR) is 81.4 cm³/mol. The van der Waals surface area contributed by atoms with Crippen molar-refractivity contribution < 1.29 is 31.9 Å². The van der Waals surface area contributed by atoms with Crippen LogP contribution < -0.4 is 0 Å². The lowest BCUT2D eigenvalue weighted by Gasteiger charge is -2.10. The van der Waals surface area contributed by atoms with E-state index < -0.39 is 58.3 Å². The highest BCUT2D eigenvalue weighted by atomic mass is 19.2. The first-order valence-corrected chi connectivity index (χ1v) is 7.72. The summed E-state index contributed by atoms with van der Waals surface area (Å²) in [6.45, 7) is 3.63. The monoisotopic (exact) mass is 358 g/mol. The molecule has 2 atom stereocenters. The van der Waals surface area contributed by atoms with Crippen molar-refractivity contribution in [2.45, 2.75) is 33.8 Å². The average molecular weight is 358 g/mol. The number of allylic oxidation sites excluding steroid dienone is 2. The zero-order valence-electron chi connectivity index (χ0n) is 14.0. The van der Waals surface area contributed by atoms with Gasteiger partial charge in [0.05, 0.1) is 11.5 Å². The van der Waals surface area contributed by atoms with Crippen molar-refractivity contribution in [3.63, 3.8) is 0 Å². The molecule has 1 aliphatic rings. The van der Waals surface area contributed by atoms with Gasteiger partial charge >= 0.3 is 5.97 Å². The quantitative estimate of drug-likeness (QED) is 0.254. The van der Waals surface area contributed by atoms with Crippen molar-refractivity contribution in [1.82, 2.24) is 0 Å². The maximum atomic E-state index is 13.8. The van der Waals surface area contributed by atoms with Crippen LogP contribution in [0.15, 0.2) is 12.2 Å². The minimum Gasteiger partial charge on any atom is -0.460 e. The summed E-state index contributed by atoms with van der Waals surface area (Å²) in [5, 5.41) is 0. The number of aldehydes is 1. The highest BCUT2D eigenvalue weighted by Gasteiger charge is 2.61. The van der Waals surface area contributed by atoms with Crippen LogP contribution in [-0.2, 0) is 20.9 Å². The van der Waals surface area contributed by atoms with Crippen LogP contribution in [0, 0.1) is 47.4 Å². The molecular formula is C18H18F4O3. The second kappa shape index (κ2) is 6.98. The summed E-state index contributed by atoms with van der Waals surface area (Å²) in [5.41, 5.74) is -2.16. The van der Waals surface area contributed by atoms with Crippen LogP contribution in [-0.4, -0.2) is 12.3 Å². The first-order chi connectivity index (χ1) is 11.6.